The lowest BCUT2D eigenvalue weighted by Gasteiger charge is -2.26. The number of nitrogens with two attached hydrogens (primary N) is 1. The molecule has 1 fully saturated rings. The van der Waals surface area contributed by atoms with Crippen LogP contribution in [0.15, 0.2) is 28.0 Å². The maximum Gasteiger partial charge on any atom is 0.240 e. The zero-order chi connectivity index (χ0) is 16.5. The number of benzene rings is 1. The number of halogens is 2. The molecule has 0 unspecified atom stereocenters. The summed E-state index contributed by atoms with van der Waals surface area (Å²) >= 11 is 0. The van der Waals surface area contributed by atoms with Gasteiger partial charge in [-0.15, -0.1) is 12.4 Å². The van der Waals surface area contributed by atoms with Crippen LogP contribution >= 0.6 is 12.4 Å². The van der Waals surface area contributed by atoms with Crippen molar-refractivity contribution in [2.45, 2.75) is 47.6 Å². The highest BCUT2D eigenvalue weighted by molar-refractivity contribution is 7.90. The standard InChI is InChI=1S/C13H19FN2O4S2.ClH/c1-21(17,18)13-7-6-11(8-12(13)14)22(19,20)16-10-4-2-9(15)3-5-10;/h6-10,16H,2-5,15H2,1H3;1H. The second-order valence-corrected chi connectivity index (χ2v) is 9.30. The number of sulfone groups is 1. The van der Waals surface area contributed by atoms with Gasteiger partial charge in [0.25, 0.3) is 0 Å². The molecule has 0 atom stereocenters. The first-order valence-corrected chi connectivity index (χ1v) is 10.2. The van der Waals surface area contributed by atoms with Crippen molar-refractivity contribution in [3.05, 3.63) is 24.0 Å². The van der Waals surface area contributed by atoms with Gasteiger partial charge in [0, 0.05) is 18.3 Å². The minimum absolute atomic E-state index is 0. The van der Waals surface area contributed by atoms with Crippen molar-refractivity contribution in [2.75, 3.05) is 6.26 Å². The molecule has 0 spiro atoms. The smallest absolute Gasteiger partial charge is 0.240 e. The number of nitrogens with one attached hydrogen (secondary N) is 1. The second-order valence-electron chi connectivity index (χ2n) is 5.60. The molecule has 6 nitrogen and oxygen atoms in total. The molecule has 132 valence electrons. The Kier molecular flexibility index (Phi) is 6.56. The van der Waals surface area contributed by atoms with E-state index in [-0.39, 0.29) is 29.4 Å². The predicted molar refractivity (Wildman–Crippen MR) is 87.3 cm³/mol. The lowest BCUT2D eigenvalue weighted by molar-refractivity contribution is 0.373. The van der Waals surface area contributed by atoms with E-state index in [2.05, 4.69) is 4.72 Å². The first-order valence-electron chi connectivity index (χ1n) is 6.87. The van der Waals surface area contributed by atoms with E-state index >= 15 is 0 Å². The summed E-state index contributed by atoms with van der Waals surface area (Å²) in [6.45, 7) is 0. The van der Waals surface area contributed by atoms with Crippen LogP contribution in [0.2, 0.25) is 0 Å². The molecule has 0 heterocycles. The Hall–Kier alpha value is -0.740. The SMILES string of the molecule is CS(=O)(=O)c1ccc(S(=O)(=O)NC2CCC(N)CC2)cc1F.Cl. The van der Waals surface area contributed by atoms with Crippen molar-refractivity contribution < 1.29 is 21.2 Å². The third-order valence-corrected chi connectivity index (χ3v) is 6.35. The highest BCUT2D eigenvalue weighted by Crippen LogP contribution is 2.22. The molecule has 0 bridgehead atoms. The van der Waals surface area contributed by atoms with Gasteiger partial charge in [0.2, 0.25) is 10.0 Å². The average molecular weight is 387 g/mol. The lowest BCUT2D eigenvalue weighted by atomic mass is 9.93. The highest BCUT2D eigenvalue weighted by Gasteiger charge is 2.25. The topological polar surface area (TPSA) is 106 Å². The number of rotatable bonds is 4. The monoisotopic (exact) mass is 386 g/mol. The van der Waals surface area contributed by atoms with Crippen molar-refractivity contribution in [3.8, 4) is 0 Å². The van der Waals surface area contributed by atoms with Crippen LogP contribution < -0.4 is 10.5 Å². The van der Waals surface area contributed by atoms with Crippen LogP contribution in [0.5, 0.6) is 0 Å². The first kappa shape index (κ1) is 20.3. The fourth-order valence-electron chi connectivity index (χ4n) is 2.47. The summed E-state index contributed by atoms with van der Waals surface area (Å²) in [5.74, 6) is -1.07. The van der Waals surface area contributed by atoms with E-state index in [9.17, 15) is 21.2 Å². The van der Waals surface area contributed by atoms with Gasteiger partial charge >= 0.3 is 0 Å². The molecular weight excluding hydrogens is 367 g/mol. The van der Waals surface area contributed by atoms with Crippen LogP contribution in [-0.4, -0.2) is 35.2 Å². The normalized spacial score (nSPS) is 22.4. The summed E-state index contributed by atoms with van der Waals surface area (Å²) in [6, 6.07) is 2.65. The molecule has 1 aliphatic carbocycles. The Morgan fingerprint density at radius 3 is 2.17 bits per heavy atom. The van der Waals surface area contributed by atoms with E-state index in [1.54, 1.807) is 0 Å². The molecular formula is C13H20ClFN2O4S2. The molecule has 23 heavy (non-hydrogen) atoms. The lowest BCUT2D eigenvalue weighted by Crippen LogP contribution is -2.40. The third-order valence-electron chi connectivity index (χ3n) is 3.71. The number of hydrogen-bond donors (Lipinski definition) is 2. The highest BCUT2D eigenvalue weighted by atomic mass is 35.5. The van der Waals surface area contributed by atoms with E-state index in [1.807, 2.05) is 0 Å². The Morgan fingerprint density at radius 1 is 1.13 bits per heavy atom. The maximum atomic E-state index is 13.8. The minimum Gasteiger partial charge on any atom is -0.328 e. The first-order chi connectivity index (χ1) is 10.1. The summed E-state index contributed by atoms with van der Waals surface area (Å²) < 4.78 is 63.5. The van der Waals surface area contributed by atoms with Crippen LogP contribution in [0, 0.1) is 5.82 Å². The van der Waals surface area contributed by atoms with E-state index < -0.39 is 30.6 Å². The van der Waals surface area contributed by atoms with Crippen LogP contribution in [0.3, 0.4) is 0 Å². The fourth-order valence-corrected chi connectivity index (χ4v) is 4.52. The van der Waals surface area contributed by atoms with Gasteiger partial charge in [-0.2, -0.15) is 0 Å². The molecule has 0 aromatic heterocycles. The predicted octanol–water partition coefficient (Wildman–Crippen LogP) is 1.20. The summed E-state index contributed by atoms with van der Waals surface area (Å²) in [7, 11) is -7.62. The maximum absolute atomic E-state index is 13.8. The van der Waals surface area contributed by atoms with Gasteiger partial charge in [0.15, 0.2) is 9.84 Å². The van der Waals surface area contributed by atoms with Crippen LogP contribution in [0.4, 0.5) is 4.39 Å². The second kappa shape index (κ2) is 7.43. The van der Waals surface area contributed by atoms with E-state index in [0.717, 1.165) is 37.3 Å². The number of hydrogen-bond acceptors (Lipinski definition) is 5. The molecule has 0 amide bonds. The van der Waals surface area contributed by atoms with Gasteiger partial charge < -0.3 is 5.73 Å². The van der Waals surface area contributed by atoms with Crippen molar-refractivity contribution >= 4 is 32.3 Å². The molecule has 10 heteroatoms. The summed E-state index contributed by atoms with van der Waals surface area (Å²) in [6.07, 6.45) is 3.58. The summed E-state index contributed by atoms with van der Waals surface area (Å²) in [5.41, 5.74) is 5.77. The molecule has 1 aromatic rings. The molecule has 0 aliphatic heterocycles. The van der Waals surface area contributed by atoms with Crippen LogP contribution in [0.1, 0.15) is 25.7 Å². The van der Waals surface area contributed by atoms with E-state index in [0.29, 0.717) is 12.8 Å². The Morgan fingerprint density at radius 2 is 1.70 bits per heavy atom. The van der Waals surface area contributed by atoms with Crippen molar-refractivity contribution in [2.24, 2.45) is 5.73 Å². The summed E-state index contributed by atoms with van der Waals surface area (Å²) in [5, 5.41) is 0. The zero-order valence-electron chi connectivity index (χ0n) is 12.5. The van der Waals surface area contributed by atoms with Gasteiger partial charge in [-0.1, -0.05) is 0 Å². The molecule has 2 rings (SSSR count). The van der Waals surface area contributed by atoms with Gasteiger partial charge in [-0.3, -0.25) is 0 Å². The van der Waals surface area contributed by atoms with Gasteiger partial charge in [0.05, 0.1) is 4.90 Å². The van der Waals surface area contributed by atoms with Crippen molar-refractivity contribution in [1.29, 1.82) is 0 Å². The van der Waals surface area contributed by atoms with Gasteiger partial charge in [-0.25, -0.2) is 25.9 Å². The van der Waals surface area contributed by atoms with Gasteiger partial charge in [0.1, 0.15) is 10.7 Å². The molecule has 0 radical (unpaired) electrons. The Balaban J connectivity index is 0.00000264. The Labute approximate surface area is 142 Å². The molecule has 1 aromatic carbocycles. The number of sulfonamides is 1. The third kappa shape index (κ3) is 5.12. The van der Waals surface area contributed by atoms with Crippen molar-refractivity contribution in [1.82, 2.24) is 4.72 Å². The quantitative estimate of drug-likeness (QED) is 0.808. The van der Waals surface area contributed by atoms with Crippen molar-refractivity contribution in [3.63, 3.8) is 0 Å². The van der Waals surface area contributed by atoms with E-state index in [4.69, 9.17) is 5.73 Å². The molecule has 3 N–H and O–H groups in total. The summed E-state index contributed by atoms with van der Waals surface area (Å²) in [4.78, 5) is -0.803. The largest absolute Gasteiger partial charge is 0.328 e. The molecule has 1 saturated carbocycles. The van der Waals surface area contributed by atoms with Gasteiger partial charge in [-0.05, 0) is 43.9 Å². The Bertz CT molecular complexity index is 760. The molecule has 0 saturated heterocycles. The van der Waals surface area contributed by atoms with Crippen LogP contribution in [0.25, 0.3) is 0 Å². The molecule has 1 aliphatic rings. The zero-order valence-corrected chi connectivity index (χ0v) is 15.0. The minimum atomic E-state index is -3.89. The fraction of sp³-hybridized carbons (Fsp3) is 0.538. The van der Waals surface area contributed by atoms with Crippen LogP contribution in [-0.2, 0) is 19.9 Å². The van der Waals surface area contributed by atoms with E-state index in [1.165, 1.54) is 0 Å². The average Bonchev–Trinajstić information content (AvgIpc) is 2.39.